The molecule has 4 aromatic rings. The Labute approximate surface area is 141 Å². The van der Waals surface area contributed by atoms with E-state index in [9.17, 15) is 0 Å². The van der Waals surface area contributed by atoms with Crippen molar-refractivity contribution in [1.82, 2.24) is 0 Å². The third-order valence-electron chi connectivity index (χ3n) is 4.05. The van der Waals surface area contributed by atoms with Crippen LogP contribution in [0.1, 0.15) is 0 Å². The Bertz CT molecular complexity index is 974. The highest BCUT2D eigenvalue weighted by Crippen LogP contribution is 2.10. The van der Waals surface area contributed by atoms with Crippen LogP contribution in [0.3, 0.4) is 0 Å². The molecular formula is C22H18N2+2. The van der Waals surface area contributed by atoms with Crippen LogP contribution < -0.4 is 9.13 Å². The molecule has 0 saturated carbocycles. The first-order chi connectivity index (χ1) is 11.9. The average molecular weight is 310 g/mol. The normalized spacial score (nSPS) is 11.8. The van der Waals surface area contributed by atoms with Crippen LogP contribution in [0, 0.1) is 0 Å². The third kappa shape index (κ3) is 3.08. The average Bonchev–Trinajstić information content (AvgIpc) is 2.65. The fourth-order valence-electron chi connectivity index (χ4n) is 2.78. The zero-order valence-corrected chi connectivity index (χ0v) is 13.3. The predicted octanol–water partition coefficient (Wildman–Crippen LogP) is 4.21. The lowest BCUT2D eigenvalue weighted by Crippen LogP contribution is -2.25. The Morgan fingerprint density at radius 3 is 1.38 bits per heavy atom. The molecule has 2 aromatic heterocycles. The van der Waals surface area contributed by atoms with Crippen molar-refractivity contribution < 1.29 is 9.13 Å². The maximum absolute atomic E-state index is 2.13. The molecule has 2 heteroatoms. The molecule has 0 radical (unpaired) electrons. The molecule has 0 atom stereocenters. The Kier molecular flexibility index (Phi) is 3.86. The van der Waals surface area contributed by atoms with Crippen LogP contribution in [-0.2, 0) is 0 Å². The molecule has 0 amide bonds. The van der Waals surface area contributed by atoms with Crippen LogP contribution in [0.2, 0.25) is 0 Å². The molecule has 4 rings (SSSR count). The summed E-state index contributed by atoms with van der Waals surface area (Å²) in [4.78, 5) is 0. The molecule has 0 bridgehead atoms. The lowest BCUT2D eigenvalue weighted by Gasteiger charge is -1.94. The fourth-order valence-corrected chi connectivity index (χ4v) is 2.78. The van der Waals surface area contributed by atoms with E-state index in [0.717, 1.165) is 0 Å². The van der Waals surface area contributed by atoms with Crippen molar-refractivity contribution in [2.24, 2.45) is 0 Å². The molecule has 0 aliphatic carbocycles. The van der Waals surface area contributed by atoms with Crippen molar-refractivity contribution in [1.29, 1.82) is 0 Å². The van der Waals surface area contributed by atoms with Crippen LogP contribution in [0.25, 0.3) is 33.9 Å². The predicted molar refractivity (Wildman–Crippen MR) is 98.9 cm³/mol. The van der Waals surface area contributed by atoms with E-state index in [-0.39, 0.29) is 0 Å². The van der Waals surface area contributed by atoms with Gasteiger partial charge in [0.15, 0.2) is 37.2 Å². The van der Waals surface area contributed by atoms with E-state index < -0.39 is 0 Å². The number of allylic oxidation sites excluding steroid dienone is 2. The van der Waals surface area contributed by atoms with Crippen molar-refractivity contribution in [2.45, 2.75) is 0 Å². The smallest absolute Gasteiger partial charge is 0.173 e. The maximum Gasteiger partial charge on any atom is 0.182 e. The standard InChI is InChI=1S/C22H18N2/c1-3-9-21-17-23(15-11-19(21)7-1)13-5-6-14-24-16-12-20-8-2-4-10-22(20)18-24/h1-18H/q+2/b13-5+,14-6+. The summed E-state index contributed by atoms with van der Waals surface area (Å²) in [5.74, 6) is 0. The highest BCUT2D eigenvalue weighted by atomic mass is 14.9. The van der Waals surface area contributed by atoms with Gasteiger partial charge in [-0.05, 0) is 22.9 Å². The summed E-state index contributed by atoms with van der Waals surface area (Å²) in [5.41, 5.74) is 0. The lowest BCUT2D eigenvalue weighted by atomic mass is 10.2. The molecule has 2 aromatic carbocycles. The number of aromatic nitrogens is 2. The minimum absolute atomic E-state index is 1.23. The van der Waals surface area contributed by atoms with Gasteiger partial charge in [-0.2, -0.15) is 9.13 Å². The van der Waals surface area contributed by atoms with Gasteiger partial charge in [-0.25, -0.2) is 0 Å². The first-order valence-electron chi connectivity index (χ1n) is 8.03. The first kappa shape index (κ1) is 14.3. The maximum atomic E-state index is 2.13. The number of pyridine rings is 2. The summed E-state index contributed by atoms with van der Waals surface area (Å²) >= 11 is 0. The molecule has 2 nitrogen and oxygen atoms in total. The van der Waals surface area contributed by atoms with Gasteiger partial charge in [0.05, 0.1) is 0 Å². The Hall–Kier alpha value is -3.26. The summed E-state index contributed by atoms with van der Waals surface area (Å²) in [6.45, 7) is 0. The van der Waals surface area contributed by atoms with E-state index in [4.69, 9.17) is 0 Å². The van der Waals surface area contributed by atoms with Gasteiger partial charge in [-0.1, -0.05) is 36.4 Å². The van der Waals surface area contributed by atoms with E-state index in [1.807, 2.05) is 24.6 Å². The highest BCUT2D eigenvalue weighted by Gasteiger charge is 1.99. The molecule has 0 spiro atoms. The second-order valence-corrected chi connectivity index (χ2v) is 5.72. The van der Waals surface area contributed by atoms with Crippen molar-refractivity contribution in [3.8, 4) is 0 Å². The molecule has 0 aliphatic rings. The Morgan fingerprint density at radius 2 is 0.917 bits per heavy atom. The van der Waals surface area contributed by atoms with Crippen LogP contribution >= 0.6 is 0 Å². The van der Waals surface area contributed by atoms with Crippen molar-refractivity contribution in [3.05, 3.63) is 97.6 Å². The van der Waals surface area contributed by atoms with Gasteiger partial charge >= 0.3 is 0 Å². The van der Waals surface area contributed by atoms with Gasteiger partial charge in [0.25, 0.3) is 0 Å². The summed E-state index contributed by atoms with van der Waals surface area (Å²) in [7, 11) is 0. The molecular weight excluding hydrogens is 292 g/mol. The quantitative estimate of drug-likeness (QED) is 0.395. The number of nitrogens with zero attached hydrogens (tertiary/aromatic N) is 2. The number of hydrogen-bond acceptors (Lipinski definition) is 0. The van der Waals surface area contributed by atoms with Crippen LogP contribution in [0.5, 0.6) is 0 Å². The molecule has 0 unspecified atom stereocenters. The number of rotatable bonds is 3. The minimum Gasteiger partial charge on any atom is -0.173 e. The molecule has 0 fully saturated rings. The second-order valence-electron chi connectivity index (χ2n) is 5.72. The second kappa shape index (κ2) is 6.47. The van der Waals surface area contributed by atoms with Crippen LogP contribution in [-0.4, -0.2) is 0 Å². The lowest BCUT2D eigenvalue weighted by molar-refractivity contribution is -0.568. The topological polar surface area (TPSA) is 7.76 Å². The van der Waals surface area contributed by atoms with E-state index in [0.29, 0.717) is 0 Å². The SMILES string of the molecule is C(/C=C/[n+]1ccc2ccccc2c1)=C\[n+]1ccc2ccccc2c1. The highest BCUT2D eigenvalue weighted by molar-refractivity contribution is 5.81. The summed E-state index contributed by atoms with van der Waals surface area (Å²) in [6.07, 6.45) is 16.6. The van der Waals surface area contributed by atoms with Gasteiger partial charge in [0.2, 0.25) is 0 Å². The third-order valence-corrected chi connectivity index (χ3v) is 4.05. The van der Waals surface area contributed by atoms with Gasteiger partial charge in [0.1, 0.15) is 0 Å². The van der Waals surface area contributed by atoms with Crippen molar-refractivity contribution in [3.63, 3.8) is 0 Å². The fraction of sp³-hybridized carbons (Fsp3) is 0. The van der Waals surface area contributed by atoms with Crippen LogP contribution in [0.15, 0.2) is 97.6 Å². The summed E-state index contributed by atoms with van der Waals surface area (Å²) in [6, 6.07) is 21.0. The van der Waals surface area contributed by atoms with E-state index >= 15 is 0 Å². The molecule has 114 valence electrons. The zero-order chi connectivity index (χ0) is 16.2. The number of benzene rings is 2. The molecule has 24 heavy (non-hydrogen) atoms. The number of hydrogen-bond donors (Lipinski definition) is 0. The van der Waals surface area contributed by atoms with Gasteiger partial charge in [-0.3, -0.25) is 0 Å². The van der Waals surface area contributed by atoms with Gasteiger partial charge in [-0.15, -0.1) is 0 Å². The van der Waals surface area contributed by atoms with Gasteiger partial charge < -0.3 is 0 Å². The summed E-state index contributed by atoms with van der Waals surface area (Å²) < 4.78 is 4.13. The van der Waals surface area contributed by atoms with Gasteiger partial charge in [0, 0.05) is 35.1 Å². The monoisotopic (exact) mass is 310 g/mol. The zero-order valence-electron chi connectivity index (χ0n) is 13.3. The van der Waals surface area contributed by atoms with Crippen molar-refractivity contribution in [2.75, 3.05) is 0 Å². The minimum atomic E-state index is 1.23. The van der Waals surface area contributed by atoms with E-state index in [1.165, 1.54) is 21.5 Å². The Balaban J connectivity index is 1.53. The van der Waals surface area contributed by atoms with E-state index in [2.05, 4.69) is 94.6 Å². The molecule has 0 N–H and O–H groups in total. The molecule has 0 saturated heterocycles. The molecule has 2 heterocycles. The van der Waals surface area contributed by atoms with E-state index in [1.54, 1.807) is 0 Å². The number of fused-ring (bicyclic) bond motifs is 2. The van der Waals surface area contributed by atoms with Crippen molar-refractivity contribution >= 4 is 33.9 Å². The first-order valence-corrected chi connectivity index (χ1v) is 8.03. The molecule has 0 aliphatic heterocycles. The summed E-state index contributed by atoms with van der Waals surface area (Å²) in [5, 5.41) is 4.98. The largest absolute Gasteiger partial charge is 0.182 e. The van der Waals surface area contributed by atoms with Crippen LogP contribution in [0.4, 0.5) is 0 Å². The Morgan fingerprint density at radius 1 is 0.500 bits per heavy atom.